The number of ether oxygens (including phenoxy) is 1. The number of rotatable bonds is 3. The van der Waals surface area contributed by atoms with Crippen molar-refractivity contribution in [1.82, 2.24) is 0 Å². The lowest BCUT2D eigenvalue weighted by Crippen LogP contribution is -2.35. The summed E-state index contributed by atoms with van der Waals surface area (Å²) in [5.74, 6) is 11.9. The Bertz CT molecular complexity index is 502. The molecule has 0 saturated heterocycles. The summed E-state index contributed by atoms with van der Waals surface area (Å²) >= 11 is 0. The van der Waals surface area contributed by atoms with Crippen molar-refractivity contribution in [2.45, 2.75) is 72.3 Å². The van der Waals surface area contributed by atoms with Gasteiger partial charge in [-0.3, -0.25) is 0 Å². The molecule has 0 aromatic rings. The molecule has 1 nitrogen and oxygen atoms in total. The van der Waals surface area contributed by atoms with Gasteiger partial charge < -0.3 is 4.74 Å². The lowest BCUT2D eigenvalue weighted by Gasteiger charge is -2.37. The van der Waals surface area contributed by atoms with Crippen molar-refractivity contribution in [3.8, 4) is 23.9 Å². The van der Waals surface area contributed by atoms with Crippen molar-refractivity contribution in [2.24, 2.45) is 29.6 Å². The van der Waals surface area contributed by atoms with E-state index in [4.69, 9.17) is 4.74 Å². The molecule has 2 rings (SSSR count). The van der Waals surface area contributed by atoms with Crippen molar-refractivity contribution in [2.75, 3.05) is 0 Å². The smallest absolute Gasteiger partial charge is 0.124 e. The second-order valence-corrected chi connectivity index (χ2v) is 7.62. The predicted molar refractivity (Wildman–Crippen MR) is 97.4 cm³/mol. The summed E-state index contributed by atoms with van der Waals surface area (Å²) in [7, 11) is 0. The van der Waals surface area contributed by atoms with Gasteiger partial charge in [0.15, 0.2) is 0 Å². The lowest BCUT2D eigenvalue weighted by atomic mass is 9.71. The first kappa shape index (κ1) is 18.0. The van der Waals surface area contributed by atoms with Gasteiger partial charge in [-0.2, -0.15) is 0 Å². The van der Waals surface area contributed by atoms with Crippen LogP contribution < -0.4 is 0 Å². The molecule has 0 heterocycles. The van der Waals surface area contributed by atoms with Crippen LogP contribution >= 0.6 is 0 Å². The fourth-order valence-corrected chi connectivity index (χ4v) is 4.02. The van der Waals surface area contributed by atoms with E-state index in [0.29, 0.717) is 17.8 Å². The summed E-state index contributed by atoms with van der Waals surface area (Å²) in [6, 6.07) is 0. The zero-order valence-electron chi connectivity index (χ0n) is 15.3. The van der Waals surface area contributed by atoms with E-state index in [2.05, 4.69) is 56.8 Å². The van der Waals surface area contributed by atoms with Crippen LogP contribution in [-0.2, 0) is 4.74 Å². The van der Waals surface area contributed by atoms with Crippen molar-refractivity contribution in [3.05, 3.63) is 12.2 Å². The monoisotopic (exact) mass is 312 g/mol. The molecule has 0 spiro atoms. The van der Waals surface area contributed by atoms with Gasteiger partial charge in [-0.1, -0.05) is 51.7 Å². The first-order valence-corrected chi connectivity index (χ1v) is 9.37. The summed E-state index contributed by atoms with van der Waals surface area (Å²) in [5.41, 5.74) is 0. The third-order valence-corrected chi connectivity index (χ3v) is 6.02. The Hall–Kier alpha value is -1.34. The molecule has 4 atom stereocenters. The zero-order chi connectivity index (χ0) is 16.7. The number of hydrogen-bond donors (Lipinski definition) is 0. The average Bonchev–Trinajstić information content (AvgIpc) is 2.56. The van der Waals surface area contributed by atoms with Crippen LogP contribution in [0.15, 0.2) is 12.2 Å². The molecule has 0 amide bonds. The Kier molecular flexibility index (Phi) is 7.11. The minimum Gasteiger partial charge on any atom is -0.442 e. The highest BCUT2D eigenvalue weighted by Crippen LogP contribution is 2.38. The molecule has 23 heavy (non-hydrogen) atoms. The number of hydrogen-bond acceptors (Lipinski definition) is 1. The summed E-state index contributed by atoms with van der Waals surface area (Å²) in [6.07, 6.45) is 16.0. The van der Waals surface area contributed by atoms with Crippen molar-refractivity contribution < 1.29 is 4.74 Å². The highest BCUT2D eigenvalue weighted by molar-refractivity contribution is 5.22. The molecule has 0 aromatic heterocycles. The molecule has 0 aliphatic heterocycles. The first-order valence-electron chi connectivity index (χ1n) is 9.37. The predicted octanol–water partition coefficient (Wildman–Crippen LogP) is 5.42. The van der Waals surface area contributed by atoms with Crippen LogP contribution in [0.2, 0.25) is 0 Å². The van der Waals surface area contributed by atoms with Gasteiger partial charge in [-0.05, 0) is 68.1 Å². The van der Waals surface area contributed by atoms with Gasteiger partial charge in [0.2, 0.25) is 0 Å². The van der Waals surface area contributed by atoms with Gasteiger partial charge in [0.25, 0.3) is 0 Å². The minimum absolute atomic E-state index is 0.260. The Balaban J connectivity index is 1.84. The van der Waals surface area contributed by atoms with Gasteiger partial charge in [-0.25, -0.2) is 0 Å². The van der Waals surface area contributed by atoms with Crippen LogP contribution in [0.4, 0.5) is 0 Å². The molecule has 0 radical (unpaired) electrons. The van der Waals surface area contributed by atoms with E-state index in [1.54, 1.807) is 6.92 Å². The van der Waals surface area contributed by atoms with E-state index in [1.807, 2.05) is 0 Å². The topological polar surface area (TPSA) is 9.23 Å². The minimum atomic E-state index is 0.260. The van der Waals surface area contributed by atoms with Gasteiger partial charge >= 0.3 is 0 Å². The molecule has 2 aliphatic carbocycles. The van der Waals surface area contributed by atoms with Crippen LogP contribution in [0.25, 0.3) is 0 Å². The van der Waals surface area contributed by atoms with Gasteiger partial charge in [0, 0.05) is 5.92 Å². The fraction of sp³-hybridized carbons (Fsp3) is 0.727. The average molecular weight is 312 g/mol. The Morgan fingerprint density at radius 1 is 0.826 bits per heavy atom. The molecule has 0 N–H and O–H groups in total. The molecule has 1 heteroatoms. The SMILES string of the molecule is CC#CC#COC1CCC(C=CC2CCC(C)CC2)C(C)C1C. The summed E-state index contributed by atoms with van der Waals surface area (Å²) in [4.78, 5) is 0. The molecular weight excluding hydrogens is 280 g/mol. The van der Waals surface area contributed by atoms with Crippen molar-refractivity contribution in [3.63, 3.8) is 0 Å². The second-order valence-electron chi connectivity index (χ2n) is 7.62. The van der Waals surface area contributed by atoms with E-state index in [0.717, 1.165) is 18.3 Å². The van der Waals surface area contributed by atoms with Gasteiger partial charge in [-0.15, -0.1) is 0 Å². The number of allylic oxidation sites excluding steroid dienone is 2. The van der Waals surface area contributed by atoms with Crippen LogP contribution in [0.5, 0.6) is 0 Å². The Labute approximate surface area is 143 Å². The van der Waals surface area contributed by atoms with E-state index in [1.165, 1.54) is 32.1 Å². The summed E-state index contributed by atoms with van der Waals surface area (Å²) in [6.45, 7) is 8.87. The van der Waals surface area contributed by atoms with Crippen LogP contribution in [0.3, 0.4) is 0 Å². The molecule has 2 aliphatic rings. The lowest BCUT2D eigenvalue weighted by molar-refractivity contribution is 0.0288. The van der Waals surface area contributed by atoms with Crippen LogP contribution in [0, 0.1) is 53.5 Å². The summed E-state index contributed by atoms with van der Waals surface area (Å²) in [5, 5.41) is 0. The maximum atomic E-state index is 5.73. The molecule has 0 aromatic carbocycles. The summed E-state index contributed by atoms with van der Waals surface area (Å²) < 4.78 is 5.73. The normalized spacial score (nSPS) is 37.4. The Morgan fingerprint density at radius 2 is 1.57 bits per heavy atom. The van der Waals surface area contributed by atoms with Crippen molar-refractivity contribution >= 4 is 0 Å². The van der Waals surface area contributed by atoms with E-state index >= 15 is 0 Å². The molecular formula is C22H32O. The van der Waals surface area contributed by atoms with Gasteiger partial charge in [0.05, 0.1) is 0 Å². The quantitative estimate of drug-likeness (QED) is 0.499. The Morgan fingerprint density at radius 3 is 2.26 bits per heavy atom. The third kappa shape index (κ3) is 5.35. The molecule has 126 valence electrons. The van der Waals surface area contributed by atoms with Crippen molar-refractivity contribution in [1.29, 1.82) is 0 Å². The largest absolute Gasteiger partial charge is 0.442 e. The van der Waals surface area contributed by atoms with Crippen LogP contribution in [-0.4, -0.2) is 6.10 Å². The molecule has 0 bridgehead atoms. The molecule has 4 unspecified atom stereocenters. The molecule has 2 fully saturated rings. The molecule has 2 saturated carbocycles. The fourth-order valence-electron chi connectivity index (χ4n) is 4.02. The van der Waals surface area contributed by atoms with E-state index < -0.39 is 0 Å². The van der Waals surface area contributed by atoms with Gasteiger partial charge in [0.1, 0.15) is 12.2 Å². The highest BCUT2D eigenvalue weighted by Gasteiger charge is 2.34. The van der Waals surface area contributed by atoms with E-state index in [9.17, 15) is 0 Å². The van der Waals surface area contributed by atoms with Crippen LogP contribution in [0.1, 0.15) is 66.2 Å². The maximum absolute atomic E-state index is 5.73. The standard InChI is InChI=1S/C22H32O/c1-5-6-7-16-23-22-15-14-21(18(3)19(22)4)13-12-20-10-8-17(2)9-11-20/h12-13,17-22H,8-11,14-15H2,1-4H3. The zero-order valence-corrected chi connectivity index (χ0v) is 15.3. The first-order chi connectivity index (χ1) is 11.1. The van der Waals surface area contributed by atoms with E-state index in [-0.39, 0.29) is 6.10 Å². The highest BCUT2D eigenvalue weighted by atomic mass is 16.5. The third-order valence-electron chi connectivity index (χ3n) is 6.02. The maximum Gasteiger partial charge on any atom is 0.124 e. The second kappa shape index (κ2) is 9.08.